The monoisotopic (exact) mass is 169 g/mol. The van der Waals surface area contributed by atoms with Crippen molar-refractivity contribution in [2.24, 2.45) is 11.8 Å². The van der Waals surface area contributed by atoms with Crippen LogP contribution in [0.1, 0.15) is 19.3 Å². The van der Waals surface area contributed by atoms with Crippen molar-refractivity contribution in [3.63, 3.8) is 0 Å². The number of carboxylic acid groups (broad SMARTS) is 1. The molecule has 1 saturated carbocycles. The van der Waals surface area contributed by atoms with E-state index < -0.39 is 5.97 Å². The van der Waals surface area contributed by atoms with E-state index in [4.69, 9.17) is 5.11 Å². The van der Waals surface area contributed by atoms with Crippen molar-refractivity contribution in [1.82, 2.24) is 4.90 Å². The first-order valence-corrected chi connectivity index (χ1v) is 4.71. The number of aliphatic carboxylic acids is 1. The van der Waals surface area contributed by atoms with Crippen LogP contribution in [0.4, 0.5) is 0 Å². The van der Waals surface area contributed by atoms with Crippen LogP contribution in [-0.2, 0) is 4.79 Å². The zero-order chi connectivity index (χ0) is 8.55. The van der Waals surface area contributed by atoms with E-state index in [2.05, 4.69) is 4.90 Å². The van der Waals surface area contributed by atoms with Gasteiger partial charge in [0.1, 0.15) is 0 Å². The molecule has 2 rings (SSSR count). The minimum atomic E-state index is -0.627. The number of carbonyl (C=O) groups is 1. The summed E-state index contributed by atoms with van der Waals surface area (Å²) in [4.78, 5) is 12.7. The number of likely N-dealkylation sites (tertiary alicyclic amines) is 1. The predicted molar refractivity (Wildman–Crippen MR) is 44.9 cm³/mol. The molecule has 0 aromatic carbocycles. The maximum Gasteiger partial charge on any atom is 0.309 e. The molecule has 1 saturated heterocycles. The van der Waals surface area contributed by atoms with Crippen molar-refractivity contribution in [1.29, 1.82) is 0 Å². The van der Waals surface area contributed by atoms with Crippen LogP contribution in [0.25, 0.3) is 0 Å². The topological polar surface area (TPSA) is 40.5 Å². The van der Waals surface area contributed by atoms with Gasteiger partial charge in [0.2, 0.25) is 0 Å². The van der Waals surface area contributed by atoms with Gasteiger partial charge in [-0.1, -0.05) is 12.8 Å². The van der Waals surface area contributed by atoms with E-state index in [-0.39, 0.29) is 5.92 Å². The van der Waals surface area contributed by atoms with Gasteiger partial charge >= 0.3 is 5.97 Å². The molecule has 1 aliphatic heterocycles. The molecule has 0 radical (unpaired) electrons. The van der Waals surface area contributed by atoms with Crippen molar-refractivity contribution >= 4 is 5.97 Å². The van der Waals surface area contributed by atoms with E-state index in [1.165, 1.54) is 19.3 Å². The predicted octanol–water partition coefficient (Wildman–Crippen LogP) is 0.803. The Bertz CT molecular complexity index is 183. The van der Waals surface area contributed by atoms with Crippen LogP contribution in [0.15, 0.2) is 0 Å². The van der Waals surface area contributed by atoms with Crippen LogP contribution in [0, 0.1) is 11.8 Å². The smallest absolute Gasteiger partial charge is 0.309 e. The van der Waals surface area contributed by atoms with Crippen molar-refractivity contribution in [3.8, 4) is 0 Å². The first-order chi connectivity index (χ1) is 5.75. The lowest BCUT2D eigenvalue weighted by atomic mass is 10.0. The van der Waals surface area contributed by atoms with Crippen LogP contribution >= 0.6 is 0 Å². The summed E-state index contributed by atoms with van der Waals surface area (Å²) in [7, 11) is 0. The second kappa shape index (κ2) is 3.05. The van der Waals surface area contributed by atoms with E-state index in [1.807, 2.05) is 0 Å². The highest BCUT2D eigenvalue weighted by Gasteiger charge is 2.33. The lowest BCUT2D eigenvalue weighted by Gasteiger charge is -2.36. The van der Waals surface area contributed by atoms with Gasteiger partial charge < -0.3 is 10.0 Å². The maximum atomic E-state index is 10.5. The molecule has 0 amide bonds. The first-order valence-electron chi connectivity index (χ1n) is 4.71. The maximum absolute atomic E-state index is 10.5. The van der Waals surface area contributed by atoms with Gasteiger partial charge in [-0.25, -0.2) is 0 Å². The average Bonchev–Trinajstić information content (AvgIpc) is 2.66. The molecular weight excluding hydrogens is 154 g/mol. The summed E-state index contributed by atoms with van der Waals surface area (Å²) in [5.41, 5.74) is 0. The molecule has 3 nitrogen and oxygen atoms in total. The molecule has 12 heavy (non-hydrogen) atoms. The molecule has 2 aliphatic rings. The van der Waals surface area contributed by atoms with Crippen molar-refractivity contribution in [3.05, 3.63) is 0 Å². The average molecular weight is 169 g/mol. The van der Waals surface area contributed by atoms with Gasteiger partial charge in [0.25, 0.3) is 0 Å². The molecule has 0 aromatic heterocycles. The third kappa shape index (κ3) is 1.78. The number of nitrogens with zero attached hydrogens (tertiary/aromatic N) is 1. The van der Waals surface area contributed by atoms with E-state index in [0.29, 0.717) is 0 Å². The molecule has 0 unspecified atom stereocenters. The van der Waals surface area contributed by atoms with Crippen LogP contribution in [0.3, 0.4) is 0 Å². The summed E-state index contributed by atoms with van der Waals surface area (Å²) in [5.74, 6) is 0.260. The Kier molecular flexibility index (Phi) is 2.05. The van der Waals surface area contributed by atoms with Crippen LogP contribution in [0.2, 0.25) is 0 Å². The molecule has 1 N–H and O–H groups in total. The summed E-state index contributed by atoms with van der Waals surface area (Å²) < 4.78 is 0. The highest BCUT2D eigenvalue weighted by molar-refractivity contribution is 5.71. The van der Waals surface area contributed by atoms with Gasteiger partial charge in [-0.05, 0) is 18.9 Å². The van der Waals surface area contributed by atoms with Gasteiger partial charge in [0.05, 0.1) is 5.92 Å². The second-order valence-corrected chi connectivity index (χ2v) is 4.03. The zero-order valence-electron chi connectivity index (χ0n) is 7.20. The van der Waals surface area contributed by atoms with Crippen LogP contribution in [-0.4, -0.2) is 35.6 Å². The Morgan fingerprint density at radius 2 is 2.08 bits per heavy atom. The fourth-order valence-electron chi connectivity index (χ4n) is 1.68. The molecule has 68 valence electrons. The fraction of sp³-hybridized carbons (Fsp3) is 0.889. The summed E-state index contributed by atoms with van der Waals surface area (Å²) in [6.07, 6.45) is 4.08. The molecule has 1 heterocycles. The Balaban J connectivity index is 1.58. The second-order valence-electron chi connectivity index (χ2n) is 4.03. The first kappa shape index (κ1) is 8.05. The van der Waals surface area contributed by atoms with Gasteiger partial charge in [-0.3, -0.25) is 4.79 Å². The van der Waals surface area contributed by atoms with Gasteiger partial charge in [0, 0.05) is 13.1 Å². The Hall–Kier alpha value is -0.570. The summed E-state index contributed by atoms with van der Waals surface area (Å²) in [5, 5.41) is 8.61. The molecule has 0 atom stereocenters. The third-order valence-corrected chi connectivity index (χ3v) is 2.86. The normalized spacial score (nSPS) is 25.3. The summed E-state index contributed by atoms with van der Waals surface area (Å²) in [6, 6.07) is 0. The lowest BCUT2D eigenvalue weighted by molar-refractivity contribution is -0.147. The Labute approximate surface area is 72.4 Å². The molecule has 0 aromatic rings. The number of carboxylic acids is 1. The van der Waals surface area contributed by atoms with Gasteiger partial charge in [0.15, 0.2) is 0 Å². The SMILES string of the molecule is O=C(O)C1CN(CCC2CC2)C1. The van der Waals surface area contributed by atoms with Gasteiger partial charge in [-0.15, -0.1) is 0 Å². The fourth-order valence-corrected chi connectivity index (χ4v) is 1.68. The van der Waals surface area contributed by atoms with E-state index >= 15 is 0 Å². The number of rotatable bonds is 4. The molecule has 2 fully saturated rings. The summed E-state index contributed by atoms with van der Waals surface area (Å²) >= 11 is 0. The molecular formula is C9H15NO2. The Morgan fingerprint density at radius 3 is 2.58 bits per heavy atom. The molecule has 0 bridgehead atoms. The van der Waals surface area contributed by atoms with E-state index in [0.717, 1.165) is 25.6 Å². The highest BCUT2D eigenvalue weighted by atomic mass is 16.4. The number of hydrogen-bond acceptors (Lipinski definition) is 2. The van der Waals surface area contributed by atoms with Crippen molar-refractivity contribution in [2.45, 2.75) is 19.3 Å². The minimum absolute atomic E-state index is 0.0794. The van der Waals surface area contributed by atoms with Gasteiger partial charge in [-0.2, -0.15) is 0 Å². The molecule has 3 heteroatoms. The molecule has 0 spiro atoms. The standard InChI is InChI=1S/C9H15NO2/c11-9(12)8-5-10(6-8)4-3-7-1-2-7/h7-8H,1-6H2,(H,11,12). The number of hydrogen-bond donors (Lipinski definition) is 1. The van der Waals surface area contributed by atoms with Crippen LogP contribution in [0.5, 0.6) is 0 Å². The quantitative estimate of drug-likeness (QED) is 0.676. The Morgan fingerprint density at radius 1 is 1.42 bits per heavy atom. The lowest BCUT2D eigenvalue weighted by Crippen LogP contribution is -2.50. The van der Waals surface area contributed by atoms with Crippen LogP contribution < -0.4 is 0 Å². The van der Waals surface area contributed by atoms with E-state index in [9.17, 15) is 4.79 Å². The van der Waals surface area contributed by atoms with Crippen molar-refractivity contribution in [2.75, 3.05) is 19.6 Å². The minimum Gasteiger partial charge on any atom is -0.481 e. The largest absolute Gasteiger partial charge is 0.481 e. The van der Waals surface area contributed by atoms with Crippen molar-refractivity contribution < 1.29 is 9.90 Å². The van der Waals surface area contributed by atoms with E-state index in [1.54, 1.807) is 0 Å². The third-order valence-electron chi connectivity index (χ3n) is 2.86. The zero-order valence-corrected chi connectivity index (χ0v) is 7.20. The summed E-state index contributed by atoms with van der Waals surface area (Å²) in [6.45, 7) is 2.68. The molecule has 1 aliphatic carbocycles. The highest BCUT2D eigenvalue weighted by Crippen LogP contribution is 2.33.